The Kier molecular flexibility index (Phi) is 4.75. The van der Waals surface area contributed by atoms with Gasteiger partial charge >= 0.3 is 0 Å². The highest BCUT2D eigenvalue weighted by molar-refractivity contribution is 6.70. The summed E-state index contributed by atoms with van der Waals surface area (Å²) in [6.45, 7) is 6.27. The Morgan fingerprint density at radius 1 is 1.30 bits per heavy atom. The maximum Gasteiger partial charge on any atom is 0.127 e. The molecule has 0 aromatic carbocycles. The molecule has 0 N–H and O–H groups in total. The number of hydrogen-bond donors (Lipinski definition) is 0. The third-order valence-corrected chi connectivity index (χ3v) is 1.81. The molecule has 0 radical (unpaired) electrons. The number of allylic oxidation sites excluding steroid dienone is 2. The lowest BCUT2D eigenvalue weighted by atomic mass is 10.3. The van der Waals surface area contributed by atoms with Crippen LogP contribution in [0.1, 0.15) is 20.8 Å². The van der Waals surface area contributed by atoms with E-state index in [-0.39, 0.29) is 0 Å². The zero-order chi connectivity index (χ0) is 8.15. The largest absolute Gasteiger partial charge is 0.273 e. The fraction of sp³-hybridized carbons (Fsp3) is 0.571. The van der Waals surface area contributed by atoms with Crippen molar-refractivity contribution in [2.75, 3.05) is 6.54 Å². The van der Waals surface area contributed by atoms with E-state index in [0.717, 1.165) is 5.57 Å². The summed E-state index contributed by atoms with van der Waals surface area (Å²) >= 11 is 11.4. The van der Waals surface area contributed by atoms with Gasteiger partial charge in [0.1, 0.15) is 5.17 Å². The predicted octanol–water partition coefficient (Wildman–Crippen LogP) is 3.18. The number of halogens is 2. The van der Waals surface area contributed by atoms with Crippen LogP contribution in [-0.4, -0.2) is 11.7 Å². The summed E-state index contributed by atoms with van der Waals surface area (Å²) < 4.78 is 0. The van der Waals surface area contributed by atoms with E-state index in [1.165, 1.54) is 0 Å². The van der Waals surface area contributed by atoms with Gasteiger partial charge in [-0.3, -0.25) is 4.99 Å². The van der Waals surface area contributed by atoms with Crippen molar-refractivity contribution in [3.05, 3.63) is 10.6 Å². The molecule has 0 amide bonds. The molecule has 0 aliphatic carbocycles. The van der Waals surface area contributed by atoms with Gasteiger partial charge in [0.05, 0.1) is 0 Å². The predicted molar refractivity (Wildman–Crippen MR) is 48.1 cm³/mol. The summed E-state index contributed by atoms with van der Waals surface area (Å²) in [5.41, 5.74) is 0.852. The van der Waals surface area contributed by atoms with Crippen molar-refractivity contribution in [1.82, 2.24) is 0 Å². The maximum absolute atomic E-state index is 5.73. The maximum atomic E-state index is 5.73. The van der Waals surface area contributed by atoms with E-state index in [0.29, 0.717) is 16.7 Å². The monoisotopic (exact) mass is 179 g/mol. The highest BCUT2D eigenvalue weighted by atomic mass is 35.5. The second-order valence-electron chi connectivity index (χ2n) is 1.92. The second kappa shape index (κ2) is 4.75. The van der Waals surface area contributed by atoms with Gasteiger partial charge in [-0.05, 0) is 20.8 Å². The third kappa shape index (κ3) is 3.23. The van der Waals surface area contributed by atoms with Crippen molar-refractivity contribution in [1.29, 1.82) is 0 Å². The van der Waals surface area contributed by atoms with E-state index >= 15 is 0 Å². The Bertz CT molecular complexity index is 166. The highest BCUT2D eigenvalue weighted by Crippen LogP contribution is 2.11. The Morgan fingerprint density at radius 3 is 2.10 bits per heavy atom. The van der Waals surface area contributed by atoms with Crippen LogP contribution >= 0.6 is 23.2 Å². The molecule has 10 heavy (non-hydrogen) atoms. The summed E-state index contributed by atoms with van der Waals surface area (Å²) in [6, 6.07) is 0. The molecule has 3 heteroatoms. The topological polar surface area (TPSA) is 12.4 Å². The Hall–Kier alpha value is -0.0100. The first-order valence-corrected chi connectivity index (χ1v) is 3.88. The van der Waals surface area contributed by atoms with Gasteiger partial charge in [0, 0.05) is 17.2 Å². The van der Waals surface area contributed by atoms with Gasteiger partial charge in [-0.25, -0.2) is 0 Å². The number of nitrogens with zero attached hydrogens (tertiary/aromatic N) is 1. The van der Waals surface area contributed by atoms with Crippen molar-refractivity contribution in [3.63, 3.8) is 0 Å². The van der Waals surface area contributed by atoms with Gasteiger partial charge in [-0.1, -0.05) is 23.2 Å². The Balaban J connectivity index is 4.36. The van der Waals surface area contributed by atoms with Gasteiger partial charge in [-0.2, -0.15) is 0 Å². The van der Waals surface area contributed by atoms with Crippen molar-refractivity contribution < 1.29 is 0 Å². The standard InChI is InChI=1S/C7H11Cl2N/c1-4-10-7(9)5(2)6(3)8/h4H2,1-3H3. The Morgan fingerprint density at radius 2 is 1.80 bits per heavy atom. The van der Waals surface area contributed by atoms with E-state index < -0.39 is 0 Å². The van der Waals surface area contributed by atoms with Crippen LogP contribution in [0.5, 0.6) is 0 Å². The summed E-state index contributed by atoms with van der Waals surface area (Å²) in [7, 11) is 0. The van der Waals surface area contributed by atoms with E-state index in [1.807, 2.05) is 13.8 Å². The summed E-state index contributed by atoms with van der Waals surface area (Å²) in [5, 5.41) is 1.21. The summed E-state index contributed by atoms with van der Waals surface area (Å²) in [4.78, 5) is 3.99. The van der Waals surface area contributed by atoms with Gasteiger partial charge in [0.25, 0.3) is 0 Å². The normalized spacial score (nSPS) is 15.1. The van der Waals surface area contributed by atoms with Gasteiger partial charge in [0.2, 0.25) is 0 Å². The van der Waals surface area contributed by atoms with Crippen molar-refractivity contribution in [2.24, 2.45) is 4.99 Å². The molecule has 0 aromatic rings. The van der Waals surface area contributed by atoms with Crippen LogP contribution in [0, 0.1) is 0 Å². The molecular formula is C7H11Cl2N. The zero-order valence-electron chi connectivity index (χ0n) is 6.41. The van der Waals surface area contributed by atoms with E-state index in [1.54, 1.807) is 6.92 Å². The van der Waals surface area contributed by atoms with E-state index in [4.69, 9.17) is 23.2 Å². The molecule has 0 saturated carbocycles. The molecule has 0 aromatic heterocycles. The number of hydrogen-bond acceptors (Lipinski definition) is 1. The molecule has 58 valence electrons. The molecule has 0 fully saturated rings. The fourth-order valence-corrected chi connectivity index (χ4v) is 0.799. The number of aliphatic imine (C=N–C) groups is 1. The van der Waals surface area contributed by atoms with Crippen LogP contribution in [0.3, 0.4) is 0 Å². The van der Waals surface area contributed by atoms with E-state index in [9.17, 15) is 0 Å². The first-order valence-electron chi connectivity index (χ1n) is 3.12. The molecule has 0 saturated heterocycles. The molecule has 0 heterocycles. The van der Waals surface area contributed by atoms with Crippen molar-refractivity contribution in [2.45, 2.75) is 20.8 Å². The first-order chi connectivity index (χ1) is 4.59. The van der Waals surface area contributed by atoms with Gasteiger partial charge < -0.3 is 0 Å². The van der Waals surface area contributed by atoms with Gasteiger partial charge in [0.15, 0.2) is 0 Å². The van der Waals surface area contributed by atoms with Gasteiger partial charge in [-0.15, -0.1) is 0 Å². The lowest BCUT2D eigenvalue weighted by Gasteiger charge is -1.97. The molecule has 0 spiro atoms. The molecule has 0 bridgehead atoms. The molecule has 0 aliphatic heterocycles. The minimum Gasteiger partial charge on any atom is -0.273 e. The van der Waals surface area contributed by atoms with E-state index in [2.05, 4.69) is 4.99 Å². The summed E-state index contributed by atoms with van der Waals surface area (Å²) in [6.07, 6.45) is 0. The lowest BCUT2D eigenvalue weighted by Crippen LogP contribution is -1.91. The second-order valence-corrected chi connectivity index (χ2v) is 2.85. The Labute approximate surface area is 71.7 Å². The van der Waals surface area contributed by atoms with Crippen LogP contribution in [0.4, 0.5) is 0 Å². The minimum atomic E-state index is 0.509. The summed E-state index contributed by atoms with van der Waals surface area (Å²) in [5.74, 6) is 0. The minimum absolute atomic E-state index is 0.509. The molecule has 0 aliphatic rings. The SMILES string of the molecule is CCN=C(Cl)C(C)=C(C)Cl. The van der Waals surface area contributed by atoms with Crippen LogP contribution in [0.15, 0.2) is 15.6 Å². The zero-order valence-corrected chi connectivity index (χ0v) is 7.92. The molecular weight excluding hydrogens is 169 g/mol. The average Bonchev–Trinajstić information content (AvgIpc) is 1.87. The number of rotatable bonds is 2. The van der Waals surface area contributed by atoms with Crippen LogP contribution in [0.25, 0.3) is 0 Å². The average molecular weight is 180 g/mol. The lowest BCUT2D eigenvalue weighted by molar-refractivity contribution is 1.13. The quantitative estimate of drug-likeness (QED) is 0.578. The van der Waals surface area contributed by atoms with Crippen LogP contribution < -0.4 is 0 Å². The smallest absolute Gasteiger partial charge is 0.127 e. The first kappa shape index (κ1) is 9.99. The molecule has 0 unspecified atom stereocenters. The van der Waals surface area contributed by atoms with Crippen LogP contribution in [-0.2, 0) is 0 Å². The van der Waals surface area contributed by atoms with Crippen LogP contribution in [0.2, 0.25) is 0 Å². The van der Waals surface area contributed by atoms with Crippen molar-refractivity contribution in [3.8, 4) is 0 Å². The highest BCUT2D eigenvalue weighted by Gasteiger charge is 1.98. The molecule has 1 nitrogen and oxygen atoms in total. The van der Waals surface area contributed by atoms with Crippen molar-refractivity contribution >= 4 is 28.4 Å². The fourth-order valence-electron chi connectivity index (χ4n) is 0.400. The molecule has 0 rings (SSSR count). The molecule has 0 atom stereocenters. The third-order valence-electron chi connectivity index (χ3n) is 1.12.